The number of morpholine rings is 1. The summed E-state index contributed by atoms with van der Waals surface area (Å²) < 4.78 is 6.13. The Balaban J connectivity index is 1.79. The van der Waals surface area contributed by atoms with Crippen LogP contribution in [0.3, 0.4) is 0 Å². The molecule has 5 heteroatoms. The van der Waals surface area contributed by atoms with Crippen LogP contribution in [0.25, 0.3) is 0 Å². The molecule has 2 fully saturated rings. The van der Waals surface area contributed by atoms with Crippen molar-refractivity contribution >= 4 is 5.91 Å². The summed E-state index contributed by atoms with van der Waals surface area (Å²) in [6, 6.07) is 10.3. The van der Waals surface area contributed by atoms with Gasteiger partial charge in [-0.3, -0.25) is 4.79 Å². The Kier molecular flexibility index (Phi) is 6.24. The molecule has 0 unspecified atom stereocenters. The summed E-state index contributed by atoms with van der Waals surface area (Å²) in [6.07, 6.45) is 3.84. The number of ether oxygens (including phenoxy) is 1. The highest BCUT2D eigenvalue weighted by Gasteiger charge is 2.37. The number of amides is 1. The zero-order chi connectivity index (χ0) is 16.8. The summed E-state index contributed by atoms with van der Waals surface area (Å²) in [5.74, 6) is 0.198. The number of carbonyl (C=O) groups is 1. The van der Waals surface area contributed by atoms with E-state index in [1.54, 1.807) is 0 Å². The first kappa shape index (κ1) is 17.4. The maximum Gasteiger partial charge on any atom is 0.223 e. The number of hydrogen-bond acceptors (Lipinski definition) is 4. The second-order valence-corrected chi connectivity index (χ2v) is 6.75. The minimum Gasteiger partial charge on any atom is -0.373 e. The highest BCUT2D eigenvalue weighted by molar-refractivity contribution is 5.77. The van der Waals surface area contributed by atoms with Gasteiger partial charge in [-0.25, -0.2) is 0 Å². The third-order valence-corrected chi connectivity index (χ3v) is 5.05. The van der Waals surface area contributed by atoms with E-state index in [9.17, 15) is 4.79 Å². The highest BCUT2D eigenvalue weighted by Crippen LogP contribution is 2.31. The zero-order valence-corrected chi connectivity index (χ0v) is 14.4. The first-order valence-corrected chi connectivity index (χ1v) is 9.18. The van der Waals surface area contributed by atoms with Crippen molar-refractivity contribution in [1.29, 1.82) is 0 Å². The fraction of sp³-hybridized carbons (Fsp3) is 0.632. The summed E-state index contributed by atoms with van der Waals surface area (Å²) in [4.78, 5) is 17.2. The van der Waals surface area contributed by atoms with Crippen LogP contribution in [0.2, 0.25) is 0 Å². The predicted molar refractivity (Wildman–Crippen MR) is 94.6 cm³/mol. The molecule has 2 atom stereocenters. The van der Waals surface area contributed by atoms with Gasteiger partial charge in [0.2, 0.25) is 5.91 Å². The second-order valence-electron chi connectivity index (χ2n) is 6.75. The van der Waals surface area contributed by atoms with E-state index in [0.717, 1.165) is 26.1 Å². The molecular weight excluding hydrogens is 302 g/mol. The molecule has 132 valence electrons. The van der Waals surface area contributed by atoms with Crippen LogP contribution in [0, 0.1) is 0 Å². The number of nitrogens with two attached hydrogens (primary N) is 1. The van der Waals surface area contributed by atoms with E-state index >= 15 is 0 Å². The van der Waals surface area contributed by atoms with Crippen LogP contribution >= 0.6 is 0 Å². The van der Waals surface area contributed by atoms with Crippen LogP contribution in [0.15, 0.2) is 30.3 Å². The maximum absolute atomic E-state index is 12.7. The first-order valence-electron chi connectivity index (χ1n) is 9.18. The average molecular weight is 331 g/mol. The second kappa shape index (κ2) is 8.60. The molecule has 0 aliphatic carbocycles. The molecule has 2 aliphatic heterocycles. The molecule has 24 heavy (non-hydrogen) atoms. The van der Waals surface area contributed by atoms with Crippen LogP contribution < -0.4 is 5.73 Å². The summed E-state index contributed by atoms with van der Waals surface area (Å²) in [7, 11) is 0. The Bertz CT molecular complexity index is 517. The fourth-order valence-corrected chi connectivity index (χ4v) is 3.83. The summed E-state index contributed by atoms with van der Waals surface area (Å²) in [5, 5.41) is 0. The topological polar surface area (TPSA) is 58.8 Å². The van der Waals surface area contributed by atoms with Gasteiger partial charge in [0.25, 0.3) is 0 Å². The predicted octanol–water partition coefficient (Wildman–Crippen LogP) is 1.79. The van der Waals surface area contributed by atoms with Gasteiger partial charge < -0.3 is 20.3 Å². The van der Waals surface area contributed by atoms with Crippen molar-refractivity contribution in [2.24, 2.45) is 5.73 Å². The molecule has 0 bridgehead atoms. The molecule has 2 aliphatic rings. The van der Waals surface area contributed by atoms with E-state index in [2.05, 4.69) is 17.0 Å². The van der Waals surface area contributed by atoms with Gasteiger partial charge in [0.1, 0.15) is 0 Å². The van der Waals surface area contributed by atoms with Gasteiger partial charge in [-0.15, -0.1) is 0 Å². The van der Waals surface area contributed by atoms with Crippen molar-refractivity contribution in [3.8, 4) is 0 Å². The molecule has 0 aromatic heterocycles. The number of hydrogen-bond donors (Lipinski definition) is 1. The van der Waals surface area contributed by atoms with Gasteiger partial charge in [-0.1, -0.05) is 30.3 Å². The van der Waals surface area contributed by atoms with Crippen molar-refractivity contribution in [3.05, 3.63) is 35.9 Å². The van der Waals surface area contributed by atoms with E-state index in [-0.39, 0.29) is 18.1 Å². The van der Waals surface area contributed by atoms with Gasteiger partial charge in [0, 0.05) is 19.5 Å². The van der Waals surface area contributed by atoms with Gasteiger partial charge in [-0.05, 0) is 44.5 Å². The van der Waals surface area contributed by atoms with Gasteiger partial charge in [0.05, 0.1) is 18.8 Å². The fourth-order valence-electron chi connectivity index (χ4n) is 3.83. The van der Waals surface area contributed by atoms with E-state index in [4.69, 9.17) is 10.5 Å². The lowest BCUT2D eigenvalue weighted by atomic mass is 9.97. The van der Waals surface area contributed by atoms with Crippen molar-refractivity contribution < 1.29 is 9.53 Å². The van der Waals surface area contributed by atoms with E-state index < -0.39 is 0 Å². The number of benzene rings is 1. The Morgan fingerprint density at radius 2 is 1.92 bits per heavy atom. The molecule has 2 heterocycles. The third-order valence-electron chi connectivity index (χ3n) is 5.05. The number of nitrogens with zero attached hydrogens (tertiary/aromatic N) is 2. The van der Waals surface area contributed by atoms with E-state index in [0.29, 0.717) is 26.1 Å². The lowest BCUT2D eigenvalue weighted by Crippen LogP contribution is -2.51. The van der Waals surface area contributed by atoms with Crippen LogP contribution in [-0.4, -0.2) is 61.1 Å². The molecule has 0 saturated carbocycles. The minimum absolute atomic E-state index is 0.00539. The number of likely N-dealkylation sites (tertiary alicyclic amines) is 1. The molecule has 5 nitrogen and oxygen atoms in total. The standard InChI is InChI=1S/C19H29N3O2/c20-10-6-9-18(23)22-13-14-24-17(15-21-11-4-5-12-21)19(22)16-7-2-1-3-8-16/h1-3,7-8,17,19H,4-6,9-15,20H2/t17-,19-/m0/s1. The largest absolute Gasteiger partial charge is 0.373 e. The van der Waals surface area contributed by atoms with Crippen LogP contribution in [0.4, 0.5) is 0 Å². The van der Waals surface area contributed by atoms with Gasteiger partial charge >= 0.3 is 0 Å². The van der Waals surface area contributed by atoms with Crippen molar-refractivity contribution in [2.45, 2.75) is 37.8 Å². The molecule has 1 aromatic carbocycles. The molecule has 0 spiro atoms. The maximum atomic E-state index is 12.7. The Morgan fingerprint density at radius 3 is 2.62 bits per heavy atom. The van der Waals surface area contributed by atoms with Crippen molar-refractivity contribution in [3.63, 3.8) is 0 Å². The molecule has 2 saturated heterocycles. The van der Waals surface area contributed by atoms with Crippen molar-refractivity contribution in [1.82, 2.24) is 9.80 Å². The summed E-state index contributed by atoms with van der Waals surface area (Å²) in [6.45, 7) is 5.03. The van der Waals surface area contributed by atoms with Crippen LogP contribution in [0.5, 0.6) is 0 Å². The molecule has 2 N–H and O–H groups in total. The molecular formula is C19H29N3O2. The quantitative estimate of drug-likeness (QED) is 0.863. The van der Waals surface area contributed by atoms with E-state index in [1.807, 2.05) is 23.1 Å². The van der Waals surface area contributed by atoms with Crippen LogP contribution in [-0.2, 0) is 9.53 Å². The molecule has 1 amide bonds. The average Bonchev–Trinajstić information content (AvgIpc) is 3.13. The third kappa shape index (κ3) is 4.15. The summed E-state index contributed by atoms with van der Waals surface area (Å²) >= 11 is 0. The number of carbonyl (C=O) groups excluding carboxylic acids is 1. The monoisotopic (exact) mass is 331 g/mol. The smallest absolute Gasteiger partial charge is 0.223 e. The van der Waals surface area contributed by atoms with Gasteiger partial charge in [-0.2, -0.15) is 0 Å². The SMILES string of the molecule is NCCCC(=O)N1CCO[C@@H](CN2CCCC2)[C@@H]1c1ccccc1. The Morgan fingerprint density at radius 1 is 1.17 bits per heavy atom. The number of rotatable bonds is 6. The highest BCUT2D eigenvalue weighted by atomic mass is 16.5. The van der Waals surface area contributed by atoms with Crippen molar-refractivity contribution in [2.75, 3.05) is 39.3 Å². The zero-order valence-electron chi connectivity index (χ0n) is 14.4. The van der Waals surface area contributed by atoms with E-state index in [1.165, 1.54) is 18.4 Å². The molecule has 1 aromatic rings. The van der Waals surface area contributed by atoms with Gasteiger partial charge in [0.15, 0.2) is 0 Å². The Hall–Kier alpha value is -1.43. The lowest BCUT2D eigenvalue weighted by Gasteiger charge is -2.43. The Labute approximate surface area is 144 Å². The first-order chi connectivity index (χ1) is 11.8. The van der Waals surface area contributed by atoms with Crippen LogP contribution in [0.1, 0.15) is 37.3 Å². The normalized spacial score (nSPS) is 25.1. The molecule has 0 radical (unpaired) electrons. The minimum atomic E-state index is 0.00539. The molecule has 3 rings (SSSR count). The lowest BCUT2D eigenvalue weighted by molar-refractivity contribution is -0.148. The summed E-state index contributed by atoms with van der Waals surface area (Å²) in [5.41, 5.74) is 6.76.